The van der Waals surface area contributed by atoms with Gasteiger partial charge in [-0.3, -0.25) is 4.90 Å². The van der Waals surface area contributed by atoms with Gasteiger partial charge in [0.05, 0.1) is 10.2 Å². The molecule has 20 heteroatoms. The van der Waals surface area contributed by atoms with Gasteiger partial charge in [-0.1, -0.05) is 29.5 Å². The lowest BCUT2D eigenvalue weighted by Crippen LogP contribution is -2.52. The lowest BCUT2D eigenvalue weighted by molar-refractivity contribution is -0.193. The van der Waals surface area contributed by atoms with Crippen LogP contribution in [0, 0.1) is 5.92 Å². The van der Waals surface area contributed by atoms with E-state index in [9.17, 15) is 39.5 Å². The van der Waals surface area contributed by atoms with Gasteiger partial charge >= 0.3 is 36.4 Å². The molecule has 1 atom stereocenters. The molecule has 0 spiro atoms. The van der Waals surface area contributed by atoms with Crippen LogP contribution in [0.2, 0.25) is 0 Å². The van der Waals surface area contributed by atoms with Crippen LogP contribution in [-0.2, 0) is 14.4 Å². The van der Waals surface area contributed by atoms with Gasteiger partial charge in [0.25, 0.3) is 0 Å². The maximum Gasteiger partial charge on any atom is 0.490 e. The van der Waals surface area contributed by atoms with E-state index in [0.717, 1.165) is 28.4 Å². The first-order valence-electron chi connectivity index (χ1n) is 12.6. The van der Waals surface area contributed by atoms with Crippen LogP contribution in [-0.4, -0.2) is 87.4 Å². The number of carboxylic acid groups (broad SMARTS) is 3. The Balaban J connectivity index is 0.000000289. The molecule has 0 aliphatic carbocycles. The van der Waals surface area contributed by atoms with E-state index >= 15 is 0 Å². The molecular formula is C26H24F9N3O7S. The second-order valence-corrected chi connectivity index (χ2v) is 10.5. The average molecular weight is 694 g/mol. The van der Waals surface area contributed by atoms with Crippen LogP contribution in [0.4, 0.5) is 44.6 Å². The molecule has 1 aromatic heterocycles. The number of fused-ring (bicyclic) bond motifs is 4. The van der Waals surface area contributed by atoms with Gasteiger partial charge in [-0.25, -0.2) is 19.4 Å². The van der Waals surface area contributed by atoms with Crippen molar-refractivity contribution in [1.82, 2.24) is 9.88 Å². The first-order chi connectivity index (χ1) is 21.1. The number of nitrogens with two attached hydrogens (primary N) is 1. The zero-order valence-electron chi connectivity index (χ0n) is 23.0. The van der Waals surface area contributed by atoms with Crippen molar-refractivity contribution in [3.8, 4) is 16.9 Å². The van der Waals surface area contributed by atoms with Crippen molar-refractivity contribution < 1.29 is 74.0 Å². The number of hydrogen-bond donors (Lipinski definition) is 4. The highest BCUT2D eigenvalue weighted by molar-refractivity contribution is 7.22. The van der Waals surface area contributed by atoms with Crippen molar-refractivity contribution in [3.05, 3.63) is 42.5 Å². The Labute approximate surface area is 256 Å². The van der Waals surface area contributed by atoms with E-state index in [0.29, 0.717) is 11.2 Å². The highest BCUT2D eigenvalue weighted by Gasteiger charge is 2.39. The summed E-state index contributed by atoms with van der Waals surface area (Å²) in [5.41, 5.74) is 9.14. The molecule has 5 N–H and O–H groups in total. The predicted octanol–water partition coefficient (Wildman–Crippen LogP) is 5.92. The second kappa shape index (κ2) is 15.3. The molecular weight excluding hydrogens is 669 g/mol. The Morgan fingerprint density at radius 3 is 1.61 bits per heavy atom. The zero-order chi connectivity index (χ0) is 35.0. The first kappa shape index (κ1) is 37.9. The standard InChI is InChI=1S/C20H21N3OS.3C2HF3O2/c21-20-22-17-6-3-15(11-19(17)25-20)13-1-4-16(5-2-13)24-18-12-23-9-7-14(18)8-10-23;3*3-2(4,5)1(6)7/h1-6,11,14,18H,7-10,12H2,(H2,21,22);3*(H,6,7)/t18-;;;/m0.../s1. The third-order valence-corrected chi connectivity index (χ3v) is 7.05. The van der Waals surface area contributed by atoms with Crippen LogP contribution < -0.4 is 10.5 Å². The Morgan fingerprint density at radius 1 is 0.783 bits per heavy atom. The number of carboxylic acids is 3. The molecule has 254 valence electrons. The van der Waals surface area contributed by atoms with Crippen LogP contribution in [0.3, 0.4) is 0 Å². The van der Waals surface area contributed by atoms with Crippen molar-refractivity contribution in [3.63, 3.8) is 0 Å². The molecule has 0 radical (unpaired) electrons. The minimum absolute atomic E-state index is 0.352. The number of ether oxygens (including phenoxy) is 1. The topological polar surface area (TPSA) is 163 Å². The van der Waals surface area contributed by atoms with Gasteiger partial charge < -0.3 is 25.8 Å². The number of halogens is 9. The molecule has 3 aliphatic rings. The molecule has 2 aromatic carbocycles. The Kier molecular flexibility index (Phi) is 12.6. The highest BCUT2D eigenvalue weighted by Crippen LogP contribution is 2.33. The van der Waals surface area contributed by atoms with E-state index in [4.69, 9.17) is 40.2 Å². The lowest BCUT2D eigenvalue weighted by atomic mass is 9.86. The fourth-order valence-electron chi connectivity index (χ4n) is 4.07. The van der Waals surface area contributed by atoms with Gasteiger partial charge in [-0.05, 0) is 67.2 Å². The van der Waals surface area contributed by atoms with Crippen molar-refractivity contribution in [2.75, 3.05) is 25.4 Å². The van der Waals surface area contributed by atoms with E-state index in [1.807, 2.05) is 6.07 Å². The number of nitrogens with zero attached hydrogens (tertiary/aromatic N) is 2. The number of piperidine rings is 3. The van der Waals surface area contributed by atoms with Crippen molar-refractivity contribution in [1.29, 1.82) is 0 Å². The monoisotopic (exact) mass is 693 g/mol. The predicted molar refractivity (Wildman–Crippen MR) is 144 cm³/mol. The van der Waals surface area contributed by atoms with Gasteiger partial charge in [-0.15, -0.1) is 0 Å². The quantitative estimate of drug-likeness (QED) is 0.242. The summed E-state index contributed by atoms with van der Waals surface area (Å²) in [5.74, 6) is -6.57. The largest absolute Gasteiger partial charge is 0.490 e. The minimum atomic E-state index is -5.08. The summed E-state index contributed by atoms with van der Waals surface area (Å²) in [5, 5.41) is 22.0. The molecule has 4 heterocycles. The molecule has 6 rings (SSSR count). The van der Waals surface area contributed by atoms with Crippen LogP contribution in [0.15, 0.2) is 42.5 Å². The average Bonchev–Trinajstić information content (AvgIpc) is 3.33. The lowest BCUT2D eigenvalue weighted by Gasteiger charge is -2.44. The highest BCUT2D eigenvalue weighted by atomic mass is 32.1. The van der Waals surface area contributed by atoms with Gasteiger partial charge in [0, 0.05) is 6.54 Å². The smallest absolute Gasteiger partial charge is 0.489 e. The number of aliphatic carboxylic acids is 3. The van der Waals surface area contributed by atoms with Crippen molar-refractivity contribution in [2.45, 2.75) is 37.5 Å². The van der Waals surface area contributed by atoms with E-state index in [1.54, 1.807) is 0 Å². The van der Waals surface area contributed by atoms with E-state index in [-0.39, 0.29) is 0 Å². The van der Waals surface area contributed by atoms with Gasteiger partial charge in [-0.2, -0.15) is 39.5 Å². The number of benzene rings is 2. The van der Waals surface area contributed by atoms with Gasteiger partial charge in [0.2, 0.25) is 0 Å². The minimum Gasteiger partial charge on any atom is -0.489 e. The summed E-state index contributed by atoms with van der Waals surface area (Å²) in [6.45, 7) is 3.57. The third kappa shape index (κ3) is 11.9. The Morgan fingerprint density at radius 2 is 1.22 bits per heavy atom. The molecule has 3 fully saturated rings. The number of thiazole rings is 1. The first-order valence-corrected chi connectivity index (χ1v) is 13.5. The van der Waals surface area contributed by atoms with Crippen molar-refractivity contribution >= 4 is 44.6 Å². The SMILES string of the molecule is Nc1nc2ccc(-c3ccc(O[C@H]4CN5CCC4CC5)cc3)cc2s1.O=C(O)C(F)(F)F.O=C(O)C(F)(F)F.O=C(O)C(F)(F)F. The van der Waals surface area contributed by atoms with Crippen LogP contribution in [0.5, 0.6) is 5.75 Å². The molecule has 10 nitrogen and oxygen atoms in total. The summed E-state index contributed by atoms with van der Waals surface area (Å²) in [4.78, 5) is 33.5. The summed E-state index contributed by atoms with van der Waals surface area (Å²) in [6, 6.07) is 14.8. The van der Waals surface area contributed by atoms with E-state index in [1.165, 1.54) is 48.4 Å². The van der Waals surface area contributed by atoms with E-state index in [2.05, 4.69) is 46.3 Å². The molecule has 3 aromatic rings. The molecule has 0 saturated carbocycles. The normalized spacial score (nSPS) is 18.9. The number of alkyl halides is 9. The molecule has 3 saturated heterocycles. The van der Waals surface area contributed by atoms with Crippen LogP contribution >= 0.6 is 11.3 Å². The molecule has 0 unspecified atom stereocenters. The van der Waals surface area contributed by atoms with Gasteiger partial charge in [0.15, 0.2) is 5.13 Å². The maximum absolute atomic E-state index is 10.6. The van der Waals surface area contributed by atoms with Crippen molar-refractivity contribution in [2.24, 2.45) is 5.92 Å². The third-order valence-electron chi connectivity index (χ3n) is 6.20. The molecule has 0 amide bonds. The fourth-order valence-corrected chi connectivity index (χ4v) is 4.84. The van der Waals surface area contributed by atoms with E-state index < -0.39 is 36.4 Å². The Bertz CT molecular complexity index is 1430. The number of carbonyl (C=O) groups is 3. The number of aromatic nitrogens is 1. The maximum atomic E-state index is 10.6. The Hall–Kier alpha value is -4.33. The molecule has 46 heavy (non-hydrogen) atoms. The molecule has 2 bridgehead atoms. The summed E-state index contributed by atoms with van der Waals surface area (Å²) in [7, 11) is 0. The van der Waals surface area contributed by atoms with Crippen LogP contribution in [0.1, 0.15) is 12.8 Å². The summed E-state index contributed by atoms with van der Waals surface area (Å²) < 4.78 is 103. The number of anilines is 1. The van der Waals surface area contributed by atoms with Crippen LogP contribution in [0.25, 0.3) is 21.3 Å². The number of nitrogen functional groups attached to an aromatic ring is 1. The molecule has 3 aliphatic heterocycles. The van der Waals surface area contributed by atoms with Gasteiger partial charge in [0.1, 0.15) is 11.9 Å². The second-order valence-electron chi connectivity index (χ2n) is 9.46. The fraction of sp³-hybridized carbons (Fsp3) is 0.385. The number of hydrogen-bond acceptors (Lipinski definition) is 8. The number of rotatable bonds is 3. The summed E-state index contributed by atoms with van der Waals surface area (Å²) in [6.07, 6.45) is -12.3. The summed E-state index contributed by atoms with van der Waals surface area (Å²) >= 11 is 1.53. The zero-order valence-corrected chi connectivity index (χ0v) is 23.8.